The van der Waals surface area contributed by atoms with E-state index in [1.165, 1.54) is 6.20 Å². The van der Waals surface area contributed by atoms with Crippen molar-refractivity contribution >= 4 is 23.2 Å². The SMILES string of the molecule is Nc1ccnc(C(=O)NCCc2ccc(Cl)cc2)c1. The molecule has 4 nitrogen and oxygen atoms in total. The second kappa shape index (κ2) is 6.20. The van der Waals surface area contributed by atoms with E-state index in [0.29, 0.717) is 22.9 Å². The summed E-state index contributed by atoms with van der Waals surface area (Å²) < 4.78 is 0. The second-order valence-electron chi connectivity index (χ2n) is 4.11. The number of aromatic nitrogens is 1. The number of pyridine rings is 1. The average molecular weight is 276 g/mol. The van der Waals surface area contributed by atoms with Crippen molar-refractivity contribution in [3.8, 4) is 0 Å². The zero-order valence-electron chi connectivity index (χ0n) is 10.3. The molecule has 1 aromatic heterocycles. The Morgan fingerprint density at radius 1 is 1.26 bits per heavy atom. The molecule has 0 aliphatic rings. The van der Waals surface area contributed by atoms with Crippen LogP contribution < -0.4 is 11.1 Å². The van der Waals surface area contributed by atoms with Gasteiger partial charge in [0.25, 0.3) is 5.91 Å². The summed E-state index contributed by atoms with van der Waals surface area (Å²) in [6.07, 6.45) is 2.26. The Kier molecular flexibility index (Phi) is 4.36. The molecule has 0 aliphatic heterocycles. The van der Waals surface area contributed by atoms with Crippen LogP contribution >= 0.6 is 11.6 Å². The van der Waals surface area contributed by atoms with Crippen LogP contribution in [0.2, 0.25) is 5.02 Å². The van der Waals surface area contributed by atoms with Gasteiger partial charge in [0, 0.05) is 23.5 Å². The van der Waals surface area contributed by atoms with Crippen LogP contribution in [0.15, 0.2) is 42.6 Å². The molecular formula is C14H14ClN3O. The van der Waals surface area contributed by atoms with Gasteiger partial charge in [0.1, 0.15) is 5.69 Å². The molecule has 2 aromatic rings. The van der Waals surface area contributed by atoms with E-state index in [-0.39, 0.29) is 5.91 Å². The monoisotopic (exact) mass is 275 g/mol. The van der Waals surface area contributed by atoms with E-state index in [4.69, 9.17) is 17.3 Å². The number of nitrogens with two attached hydrogens (primary N) is 1. The van der Waals surface area contributed by atoms with E-state index in [9.17, 15) is 4.79 Å². The Morgan fingerprint density at radius 2 is 2.00 bits per heavy atom. The van der Waals surface area contributed by atoms with Gasteiger partial charge < -0.3 is 11.1 Å². The van der Waals surface area contributed by atoms with Crippen molar-refractivity contribution in [1.29, 1.82) is 0 Å². The van der Waals surface area contributed by atoms with E-state index >= 15 is 0 Å². The lowest BCUT2D eigenvalue weighted by atomic mass is 10.1. The minimum Gasteiger partial charge on any atom is -0.399 e. The first-order valence-corrected chi connectivity index (χ1v) is 6.27. The summed E-state index contributed by atoms with van der Waals surface area (Å²) in [5, 5.41) is 3.50. The molecule has 1 aromatic carbocycles. The Morgan fingerprint density at radius 3 is 2.68 bits per heavy atom. The van der Waals surface area contributed by atoms with Crippen LogP contribution in [-0.4, -0.2) is 17.4 Å². The summed E-state index contributed by atoms with van der Waals surface area (Å²) in [6, 6.07) is 10.7. The van der Waals surface area contributed by atoms with Gasteiger partial charge in [0.2, 0.25) is 0 Å². The van der Waals surface area contributed by atoms with Crippen molar-refractivity contribution in [1.82, 2.24) is 10.3 Å². The molecule has 0 spiro atoms. The summed E-state index contributed by atoms with van der Waals surface area (Å²) in [5.41, 5.74) is 7.57. The van der Waals surface area contributed by atoms with Crippen molar-refractivity contribution in [2.45, 2.75) is 6.42 Å². The third-order valence-corrected chi connectivity index (χ3v) is 2.88. The molecule has 0 saturated carbocycles. The van der Waals surface area contributed by atoms with Crippen LogP contribution in [0.3, 0.4) is 0 Å². The highest BCUT2D eigenvalue weighted by Gasteiger charge is 2.06. The third kappa shape index (κ3) is 3.96. The number of carbonyl (C=O) groups excluding carboxylic acids is 1. The summed E-state index contributed by atoms with van der Waals surface area (Å²) in [4.78, 5) is 15.8. The normalized spacial score (nSPS) is 10.2. The lowest BCUT2D eigenvalue weighted by molar-refractivity contribution is 0.0949. The highest BCUT2D eigenvalue weighted by molar-refractivity contribution is 6.30. The number of benzene rings is 1. The number of nitrogens with one attached hydrogen (secondary N) is 1. The lowest BCUT2D eigenvalue weighted by Crippen LogP contribution is -2.26. The lowest BCUT2D eigenvalue weighted by Gasteiger charge is -2.05. The summed E-state index contributed by atoms with van der Waals surface area (Å²) >= 11 is 5.80. The Hall–Kier alpha value is -2.07. The minimum absolute atomic E-state index is 0.221. The number of amides is 1. The predicted molar refractivity (Wildman–Crippen MR) is 76.1 cm³/mol. The number of nitrogens with zero attached hydrogens (tertiary/aromatic N) is 1. The third-order valence-electron chi connectivity index (χ3n) is 2.63. The smallest absolute Gasteiger partial charge is 0.269 e. The molecule has 2 rings (SSSR count). The van der Waals surface area contributed by atoms with Crippen LogP contribution in [0.1, 0.15) is 16.1 Å². The number of anilines is 1. The first kappa shape index (κ1) is 13.4. The van der Waals surface area contributed by atoms with Gasteiger partial charge in [-0.2, -0.15) is 0 Å². The number of hydrogen-bond acceptors (Lipinski definition) is 3. The highest BCUT2D eigenvalue weighted by atomic mass is 35.5. The van der Waals surface area contributed by atoms with Crippen molar-refractivity contribution in [2.24, 2.45) is 0 Å². The van der Waals surface area contributed by atoms with Crippen molar-refractivity contribution in [2.75, 3.05) is 12.3 Å². The summed E-state index contributed by atoms with van der Waals surface area (Å²) in [5.74, 6) is -0.221. The molecule has 0 aliphatic carbocycles. The maximum absolute atomic E-state index is 11.8. The quantitative estimate of drug-likeness (QED) is 0.900. The standard InChI is InChI=1S/C14H14ClN3O/c15-11-3-1-10(2-4-11)5-7-18-14(19)13-9-12(16)6-8-17-13/h1-4,6,8-9H,5,7H2,(H2,16,17)(H,18,19). The van der Waals surface area contributed by atoms with Crippen molar-refractivity contribution < 1.29 is 4.79 Å². The number of carbonyl (C=O) groups is 1. The fraction of sp³-hybridized carbons (Fsp3) is 0.143. The molecule has 1 amide bonds. The number of rotatable bonds is 4. The van der Waals surface area contributed by atoms with Gasteiger partial charge in [-0.1, -0.05) is 23.7 Å². The van der Waals surface area contributed by atoms with Gasteiger partial charge in [0.15, 0.2) is 0 Å². The minimum atomic E-state index is -0.221. The molecule has 1 heterocycles. The molecule has 19 heavy (non-hydrogen) atoms. The fourth-order valence-electron chi connectivity index (χ4n) is 1.63. The Labute approximate surface area is 116 Å². The van der Waals surface area contributed by atoms with Gasteiger partial charge in [-0.3, -0.25) is 9.78 Å². The van der Waals surface area contributed by atoms with E-state index in [1.54, 1.807) is 12.1 Å². The van der Waals surface area contributed by atoms with Gasteiger partial charge in [0.05, 0.1) is 0 Å². The van der Waals surface area contributed by atoms with Crippen LogP contribution in [0.4, 0.5) is 5.69 Å². The molecular weight excluding hydrogens is 262 g/mol. The molecule has 0 radical (unpaired) electrons. The molecule has 5 heteroatoms. The van der Waals surface area contributed by atoms with Crippen LogP contribution in [0, 0.1) is 0 Å². The van der Waals surface area contributed by atoms with Crippen molar-refractivity contribution in [3.05, 3.63) is 58.9 Å². The molecule has 0 bridgehead atoms. The topological polar surface area (TPSA) is 68.0 Å². The molecule has 0 unspecified atom stereocenters. The fourth-order valence-corrected chi connectivity index (χ4v) is 1.76. The Bertz CT molecular complexity index is 569. The summed E-state index contributed by atoms with van der Waals surface area (Å²) in [6.45, 7) is 0.539. The van der Waals surface area contributed by atoms with Crippen LogP contribution in [0.25, 0.3) is 0 Å². The predicted octanol–water partition coefficient (Wildman–Crippen LogP) is 2.29. The van der Waals surface area contributed by atoms with E-state index in [0.717, 1.165) is 12.0 Å². The summed E-state index contributed by atoms with van der Waals surface area (Å²) in [7, 11) is 0. The average Bonchev–Trinajstić information content (AvgIpc) is 2.41. The first-order valence-electron chi connectivity index (χ1n) is 5.89. The maximum Gasteiger partial charge on any atom is 0.269 e. The highest BCUT2D eigenvalue weighted by Crippen LogP contribution is 2.09. The number of hydrogen-bond donors (Lipinski definition) is 2. The molecule has 0 atom stereocenters. The van der Waals surface area contributed by atoms with E-state index in [2.05, 4.69) is 10.3 Å². The largest absolute Gasteiger partial charge is 0.399 e. The van der Waals surface area contributed by atoms with Crippen molar-refractivity contribution in [3.63, 3.8) is 0 Å². The number of halogens is 1. The van der Waals surface area contributed by atoms with E-state index in [1.807, 2.05) is 24.3 Å². The molecule has 98 valence electrons. The van der Waals surface area contributed by atoms with Gasteiger partial charge >= 0.3 is 0 Å². The van der Waals surface area contributed by atoms with Gasteiger partial charge in [-0.15, -0.1) is 0 Å². The number of nitrogen functional groups attached to an aromatic ring is 1. The van der Waals surface area contributed by atoms with E-state index < -0.39 is 0 Å². The molecule has 3 N–H and O–H groups in total. The van der Waals surface area contributed by atoms with Crippen LogP contribution in [0.5, 0.6) is 0 Å². The molecule has 0 fully saturated rings. The second-order valence-corrected chi connectivity index (χ2v) is 4.54. The van der Waals surface area contributed by atoms with Crippen LogP contribution in [-0.2, 0) is 6.42 Å². The van der Waals surface area contributed by atoms with Gasteiger partial charge in [-0.25, -0.2) is 0 Å². The Balaban J connectivity index is 1.86. The first-order chi connectivity index (χ1) is 9.15. The van der Waals surface area contributed by atoms with Gasteiger partial charge in [-0.05, 0) is 36.2 Å². The zero-order chi connectivity index (χ0) is 13.7. The molecule has 0 saturated heterocycles. The maximum atomic E-state index is 11.8. The zero-order valence-corrected chi connectivity index (χ0v) is 11.0.